The van der Waals surface area contributed by atoms with Crippen LogP contribution in [-0.4, -0.2) is 54.9 Å². The van der Waals surface area contributed by atoms with E-state index in [0.717, 1.165) is 17.1 Å². The Hall–Kier alpha value is -0.310. The second-order valence-electron chi connectivity index (χ2n) is 4.39. The number of hydrogen-bond donors (Lipinski definition) is 2. The van der Waals surface area contributed by atoms with Gasteiger partial charge in [-0.3, -0.25) is 4.79 Å². The van der Waals surface area contributed by atoms with E-state index in [4.69, 9.17) is 5.11 Å². The second-order valence-corrected chi connectivity index (χ2v) is 7.52. The van der Waals surface area contributed by atoms with Crippen LogP contribution in [0.5, 0.6) is 0 Å². The fourth-order valence-corrected chi connectivity index (χ4v) is 3.46. The van der Waals surface area contributed by atoms with Gasteiger partial charge in [-0.1, -0.05) is 13.8 Å². The molecule has 0 radical (unpaired) electrons. The summed E-state index contributed by atoms with van der Waals surface area (Å²) in [6.07, 6.45) is 3.50. The van der Waals surface area contributed by atoms with E-state index >= 15 is 0 Å². The van der Waals surface area contributed by atoms with Crippen molar-refractivity contribution in [3.63, 3.8) is 0 Å². The van der Waals surface area contributed by atoms with Crippen molar-refractivity contribution < 1.29 is 18.3 Å². The average molecular weight is 312 g/mol. The number of carboxylic acids is 1. The quantitative estimate of drug-likeness (QED) is 0.632. The van der Waals surface area contributed by atoms with Gasteiger partial charge in [0.25, 0.3) is 10.2 Å². The topological polar surface area (TPSA) is 86.7 Å². The van der Waals surface area contributed by atoms with Gasteiger partial charge >= 0.3 is 5.97 Å². The van der Waals surface area contributed by atoms with Crippen LogP contribution in [-0.2, 0) is 15.0 Å². The molecule has 0 fully saturated rings. The number of nitrogens with zero attached hydrogens (tertiary/aromatic N) is 1. The summed E-state index contributed by atoms with van der Waals surface area (Å²) in [6, 6.07) is 0. The van der Waals surface area contributed by atoms with Gasteiger partial charge in [-0.15, -0.1) is 0 Å². The van der Waals surface area contributed by atoms with E-state index in [1.165, 1.54) is 7.05 Å². The first kappa shape index (κ1) is 18.7. The van der Waals surface area contributed by atoms with Gasteiger partial charge in [0.1, 0.15) is 0 Å². The largest absolute Gasteiger partial charge is 0.481 e. The molecule has 0 aliphatic heterocycles. The Morgan fingerprint density at radius 1 is 1.37 bits per heavy atom. The molecule has 19 heavy (non-hydrogen) atoms. The van der Waals surface area contributed by atoms with E-state index in [0.29, 0.717) is 6.54 Å². The maximum atomic E-state index is 12.0. The van der Waals surface area contributed by atoms with Crippen molar-refractivity contribution in [3.05, 3.63) is 0 Å². The number of aliphatic carboxylic acids is 1. The summed E-state index contributed by atoms with van der Waals surface area (Å²) in [5.41, 5.74) is 0. The number of rotatable bonds is 10. The molecule has 0 rings (SSSR count). The molecule has 8 heteroatoms. The molecule has 0 aromatic rings. The molecule has 0 amide bonds. The minimum Gasteiger partial charge on any atom is -0.481 e. The van der Waals surface area contributed by atoms with Crippen LogP contribution < -0.4 is 4.72 Å². The van der Waals surface area contributed by atoms with Gasteiger partial charge in [-0.05, 0) is 19.1 Å². The third kappa shape index (κ3) is 6.11. The third-order valence-electron chi connectivity index (χ3n) is 3.35. The summed E-state index contributed by atoms with van der Waals surface area (Å²) in [4.78, 5) is 10.4. The lowest BCUT2D eigenvalue weighted by atomic mass is 10.0. The highest BCUT2D eigenvalue weighted by atomic mass is 32.2. The van der Waals surface area contributed by atoms with Gasteiger partial charge in [0.2, 0.25) is 0 Å². The highest BCUT2D eigenvalue weighted by Crippen LogP contribution is 2.29. The molecule has 0 aromatic carbocycles. The molecule has 0 bridgehead atoms. The lowest BCUT2D eigenvalue weighted by molar-refractivity contribution is -0.137. The highest BCUT2D eigenvalue weighted by molar-refractivity contribution is 8.00. The van der Waals surface area contributed by atoms with Crippen LogP contribution in [0.4, 0.5) is 0 Å². The van der Waals surface area contributed by atoms with E-state index in [1.54, 1.807) is 11.8 Å². The first-order valence-electron chi connectivity index (χ1n) is 6.21. The number of nitrogens with one attached hydrogen (secondary N) is 1. The molecule has 6 nitrogen and oxygen atoms in total. The van der Waals surface area contributed by atoms with Crippen molar-refractivity contribution >= 4 is 27.9 Å². The number of carbonyl (C=O) groups is 1. The smallest absolute Gasteiger partial charge is 0.304 e. The molecular formula is C11H24N2O4S2. The van der Waals surface area contributed by atoms with Crippen LogP contribution in [0.2, 0.25) is 0 Å². The Morgan fingerprint density at radius 2 is 1.89 bits per heavy atom. The lowest BCUT2D eigenvalue weighted by Gasteiger charge is -2.30. The zero-order valence-electron chi connectivity index (χ0n) is 12.0. The van der Waals surface area contributed by atoms with E-state index in [1.807, 2.05) is 20.1 Å². The van der Waals surface area contributed by atoms with Crippen molar-refractivity contribution in [2.24, 2.45) is 0 Å². The fraction of sp³-hybridized carbons (Fsp3) is 0.909. The summed E-state index contributed by atoms with van der Waals surface area (Å²) >= 11 is 1.65. The van der Waals surface area contributed by atoms with Crippen molar-refractivity contribution in [1.82, 2.24) is 9.03 Å². The SMILES string of the molecule is CCC(CC)(CNS(=O)(=O)N(C)CCC(=O)O)SC. The predicted molar refractivity (Wildman–Crippen MR) is 78.6 cm³/mol. The molecule has 0 unspecified atom stereocenters. The normalized spacial score (nSPS) is 12.9. The molecule has 0 heterocycles. The fourth-order valence-electron chi connectivity index (χ4n) is 1.57. The Labute approximate surface area is 120 Å². The number of carboxylic acid groups (broad SMARTS) is 1. The minimum absolute atomic E-state index is 0.0326. The number of thioether (sulfide) groups is 1. The van der Waals surface area contributed by atoms with Crippen molar-refractivity contribution in [2.75, 3.05) is 26.4 Å². The molecule has 114 valence electrons. The van der Waals surface area contributed by atoms with Crippen molar-refractivity contribution in [3.8, 4) is 0 Å². The van der Waals surface area contributed by atoms with Gasteiger partial charge in [-0.2, -0.15) is 24.5 Å². The van der Waals surface area contributed by atoms with E-state index < -0.39 is 16.2 Å². The molecule has 0 aromatic heterocycles. The molecule has 0 spiro atoms. The lowest BCUT2D eigenvalue weighted by Crippen LogP contribution is -2.45. The van der Waals surface area contributed by atoms with Crippen LogP contribution in [0.3, 0.4) is 0 Å². The van der Waals surface area contributed by atoms with E-state index in [-0.39, 0.29) is 17.7 Å². The van der Waals surface area contributed by atoms with Crippen LogP contribution in [0, 0.1) is 0 Å². The zero-order valence-corrected chi connectivity index (χ0v) is 13.6. The summed E-state index contributed by atoms with van der Waals surface area (Å²) in [5.74, 6) is -1.01. The van der Waals surface area contributed by atoms with Gasteiger partial charge in [0.15, 0.2) is 0 Å². The summed E-state index contributed by atoms with van der Waals surface area (Å²) < 4.78 is 27.4. The third-order valence-corrected chi connectivity index (χ3v) is 6.45. The van der Waals surface area contributed by atoms with Gasteiger partial charge in [-0.25, -0.2) is 4.72 Å². The van der Waals surface area contributed by atoms with Gasteiger partial charge in [0.05, 0.1) is 6.42 Å². The van der Waals surface area contributed by atoms with E-state index in [9.17, 15) is 13.2 Å². The standard InChI is InChI=1S/C11H24N2O4S2/c1-5-11(6-2,18-4)9-12-19(16,17)13(3)8-7-10(14)15/h12H,5-9H2,1-4H3,(H,14,15). The van der Waals surface area contributed by atoms with Crippen LogP contribution in [0.1, 0.15) is 33.1 Å². The highest BCUT2D eigenvalue weighted by Gasteiger charge is 2.28. The first-order valence-corrected chi connectivity index (χ1v) is 8.87. The summed E-state index contributed by atoms with van der Waals surface area (Å²) in [6.45, 7) is 4.38. The van der Waals surface area contributed by atoms with Crippen LogP contribution in [0.25, 0.3) is 0 Å². The Bertz CT molecular complexity index is 372. The average Bonchev–Trinajstić information content (AvgIpc) is 2.38. The van der Waals surface area contributed by atoms with Crippen molar-refractivity contribution in [1.29, 1.82) is 0 Å². The summed E-state index contributed by atoms with van der Waals surface area (Å²) in [7, 11) is -2.23. The van der Waals surface area contributed by atoms with E-state index in [2.05, 4.69) is 4.72 Å². The Morgan fingerprint density at radius 3 is 2.26 bits per heavy atom. The predicted octanol–water partition coefficient (Wildman–Crippen LogP) is 1.15. The molecule has 0 saturated heterocycles. The monoisotopic (exact) mass is 312 g/mol. The molecular weight excluding hydrogens is 288 g/mol. The maximum Gasteiger partial charge on any atom is 0.304 e. The Kier molecular flexibility index (Phi) is 7.95. The van der Waals surface area contributed by atoms with Crippen molar-refractivity contribution in [2.45, 2.75) is 37.9 Å². The van der Waals surface area contributed by atoms with Gasteiger partial charge in [0, 0.05) is 24.9 Å². The summed E-state index contributed by atoms with van der Waals surface area (Å²) in [5, 5.41) is 8.56. The zero-order chi connectivity index (χ0) is 15.1. The first-order chi connectivity index (χ1) is 8.73. The maximum absolute atomic E-state index is 12.0. The molecule has 0 atom stereocenters. The minimum atomic E-state index is -3.61. The molecule has 0 aliphatic carbocycles. The second kappa shape index (κ2) is 8.08. The molecule has 0 aliphatic rings. The Balaban J connectivity index is 4.56. The number of hydrogen-bond acceptors (Lipinski definition) is 4. The molecule has 2 N–H and O–H groups in total. The van der Waals surface area contributed by atoms with Crippen LogP contribution in [0.15, 0.2) is 0 Å². The van der Waals surface area contributed by atoms with Crippen LogP contribution >= 0.6 is 11.8 Å². The molecule has 0 saturated carbocycles. The van der Waals surface area contributed by atoms with Gasteiger partial charge < -0.3 is 5.11 Å².